The summed E-state index contributed by atoms with van der Waals surface area (Å²) in [6, 6.07) is -1.70. The number of aromatic nitrogens is 2. The van der Waals surface area contributed by atoms with Crippen molar-refractivity contribution >= 4 is 17.9 Å². The van der Waals surface area contributed by atoms with Gasteiger partial charge in [0.2, 0.25) is 5.91 Å². The minimum atomic E-state index is -1.21. The molecule has 0 aliphatic rings. The molecule has 0 fully saturated rings. The second-order valence-corrected chi connectivity index (χ2v) is 4.31. The standard InChI is InChI=1S/C11H17N5O4/c1-16(6-7-4-13-14-5-7)11(20)15-8(10(18)19)2-3-9(12)17/h4-5,8H,2-3,6H2,1H3,(H2,12,17)(H,13,14)(H,15,20)(H,18,19). The third kappa shape index (κ3) is 4.96. The lowest BCUT2D eigenvalue weighted by Gasteiger charge is -2.20. The van der Waals surface area contributed by atoms with E-state index in [0.29, 0.717) is 0 Å². The lowest BCUT2D eigenvalue weighted by molar-refractivity contribution is -0.139. The minimum absolute atomic E-state index is 0.0457. The van der Waals surface area contributed by atoms with Crippen LogP contribution in [-0.4, -0.2) is 51.2 Å². The average molecular weight is 283 g/mol. The molecule has 0 saturated heterocycles. The van der Waals surface area contributed by atoms with Gasteiger partial charge in [0, 0.05) is 25.2 Å². The summed E-state index contributed by atoms with van der Waals surface area (Å²) in [6.07, 6.45) is 3.04. The summed E-state index contributed by atoms with van der Waals surface area (Å²) >= 11 is 0. The quantitative estimate of drug-likeness (QED) is 0.522. The molecule has 0 bridgehead atoms. The van der Waals surface area contributed by atoms with E-state index in [1.54, 1.807) is 12.4 Å². The van der Waals surface area contributed by atoms with Gasteiger partial charge in [-0.15, -0.1) is 0 Å². The number of carbonyl (C=O) groups excluding carboxylic acids is 2. The summed E-state index contributed by atoms with van der Waals surface area (Å²) in [4.78, 5) is 34.8. The normalized spacial score (nSPS) is 11.7. The SMILES string of the molecule is CN(Cc1cn[nH]c1)C(=O)NC(CCC(N)=O)C(=O)O. The number of hydrogen-bond donors (Lipinski definition) is 4. The molecule has 1 unspecified atom stereocenters. The van der Waals surface area contributed by atoms with E-state index in [9.17, 15) is 14.4 Å². The van der Waals surface area contributed by atoms with Crippen LogP contribution in [0.1, 0.15) is 18.4 Å². The number of nitrogens with zero attached hydrogens (tertiary/aromatic N) is 2. The lowest BCUT2D eigenvalue weighted by Crippen LogP contribution is -2.46. The summed E-state index contributed by atoms with van der Waals surface area (Å²) in [5.74, 6) is -1.83. The van der Waals surface area contributed by atoms with Gasteiger partial charge in [-0.3, -0.25) is 9.89 Å². The number of carbonyl (C=O) groups is 3. The fourth-order valence-electron chi connectivity index (χ4n) is 1.51. The van der Waals surface area contributed by atoms with Crippen LogP contribution in [0, 0.1) is 0 Å². The van der Waals surface area contributed by atoms with E-state index in [2.05, 4.69) is 15.5 Å². The Morgan fingerprint density at radius 3 is 2.75 bits per heavy atom. The number of aromatic amines is 1. The first-order valence-corrected chi connectivity index (χ1v) is 5.90. The third-order valence-electron chi connectivity index (χ3n) is 2.60. The Bertz CT molecular complexity index is 473. The number of rotatable bonds is 7. The second kappa shape index (κ2) is 7.12. The number of urea groups is 1. The molecule has 0 saturated carbocycles. The van der Waals surface area contributed by atoms with Crippen LogP contribution in [0.15, 0.2) is 12.4 Å². The van der Waals surface area contributed by atoms with Crippen LogP contribution in [0.2, 0.25) is 0 Å². The van der Waals surface area contributed by atoms with E-state index >= 15 is 0 Å². The molecular weight excluding hydrogens is 266 g/mol. The second-order valence-electron chi connectivity index (χ2n) is 4.31. The number of carboxylic acid groups (broad SMARTS) is 1. The van der Waals surface area contributed by atoms with Gasteiger partial charge in [0.15, 0.2) is 0 Å². The van der Waals surface area contributed by atoms with Crippen molar-refractivity contribution in [3.63, 3.8) is 0 Å². The van der Waals surface area contributed by atoms with Gasteiger partial charge in [-0.1, -0.05) is 0 Å². The Kier molecular flexibility index (Phi) is 5.51. The maximum atomic E-state index is 11.8. The zero-order chi connectivity index (χ0) is 15.1. The molecule has 0 spiro atoms. The van der Waals surface area contributed by atoms with Crippen LogP contribution < -0.4 is 11.1 Å². The van der Waals surface area contributed by atoms with Gasteiger partial charge in [0.1, 0.15) is 6.04 Å². The monoisotopic (exact) mass is 283 g/mol. The molecule has 1 heterocycles. The van der Waals surface area contributed by atoms with E-state index < -0.39 is 23.9 Å². The first-order chi connectivity index (χ1) is 9.40. The number of nitrogens with one attached hydrogen (secondary N) is 2. The van der Waals surface area contributed by atoms with E-state index in [-0.39, 0.29) is 19.4 Å². The Morgan fingerprint density at radius 2 is 2.25 bits per heavy atom. The van der Waals surface area contributed by atoms with Crippen LogP contribution in [0.4, 0.5) is 4.79 Å². The molecule has 5 N–H and O–H groups in total. The molecule has 1 aromatic rings. The average Bonchev–Trinajstić information content (AvgIpc) is 2.86. The molecule has 0 radical (unpaired) electrons. The van der Waals surface area contributed by atoms with Gasteiger partial charge >= 0.3 is 12.0 Å². The zero-order valence-corrected chi connectivity index (χ0v) is 11.0. The predicted octanol–water partition coefficient (Wildman–Crippen LogP) is -0.730. The maximum absolute atomic E-state index is 11.8. The predicted molar refractivity (Wildman–Crippen MR) is 68.4 cm³/mol. The molecule has 1 atom stereocenters. The van der Waals surface area contributed by atoms with Gasteiger partial charge in [-0.2, -0.15) is 5.10 Å². The number of primary amides is 1. The molecule has 0 aliphatic heterocycles. The summed E-state index contributed by atoms with van der Waals surface area (Å²) in [5, 5.41) is 17.7. The third-order valence-corrected chi connectivity index (χ3v) is 2.60. The summed E-state index contributed by atoms with van der Waals surface area (Å²) in [7, 11) is 1.52. The van der Waals surface area contributed by atoms with Crippen LogP contribution in [0.25, 0.3) is 0 Å². The highest BCUT2D eigenvalue weighted by molar-refractivity contribution is 5.83. The fraction of sp³-hybridized carbons (Fsp3) is 0.455. The van der Waals surface area contributed by atoms with Gasteiger partial charge < -0.3 is 21.1 Å². The van der Waals surface area contributed by atoms with E-state index in [1.807, 2.05) is 0 Å². The molecule has 9 heteroatoms. The first-order valence-electron chi connectivity index (χ1n) is 5.90. The molecule has 20 heavy (non-hydrogen) atoms. The van der Waals surface area contributed by atoms with Crippen molar-refractivity contribution in [2.45, 2.75) is 25.4 Å². The van der Waals surface area contributed by atoms with Gasteiger partial charge in [-0.25, -0.2) is 9.59 Å². The van der Waals surface area contributed by atoms with Crippen LogP contribution in [0.3, 0.4) is 0 Å². The highest BCUT2D eigenvalue weighted by Gasteiger charge is 2.22. The number of amides is 3. The largest absolute Gasteiger partial charge is 0.480 e. The molecule has 0 aromatic carbocycles. The van der Waals surface area contributed by atoms with E-state index in [4.69, 9.17) is 10.8 Å². The van der Waals surface area contributed by atoms with Gasteiger partial charge in [0.05, 0.1) is 12.7 Å². The zero-order valence-electron chi connectivity index (χ0n) is 11.0. The Labute approximate surface area is 115 Å². The summed E-state index contributed by atoms with van der Waals surface area (Å²) in [5.41, 5.74) is 5.74. The number of aliphatic carboxylic acids is 1. The Hall–Kier alpha value is -2.58. The van der Waals surface area contributed by atoms with E-state index in [0.717, 1.165) is 5.56 Å². The van der Waals surface area contributed by atoms with Gasteiger partial charge in [-0.05, 0) is 6.42 Å². The molecule has 0 aliphatic carbocycles. The molecular formula is C11H17N5O4. The number of nitrogens with two attached hydrogens (primary N) is 1. The molecule has 9 nitrogen and oxygen atoms in total. The van der Waals surface area contributed by atoms with Crippen LogP contribution >= 0.6 is 0 Å². The summed E-state index contributed by atoms with van der Waals surface area (Å²) in [6.45, 7) is 0.282. The molecule has 1 rings (SSSR count). The maximum Gasteiger partial charge on any atom is 0.326 e. The minimum Gasteiger partial charge on any atom is -0.480 e. The van der Waals surface area contributed by atoms with Crippen LogP contribution in [-0.2, 0) is 16.1 Å². The van der Waals surface area contributed by atoms with Gasteiger partial charge in [0.25, 0.3) is 0 Å². The number of H-pyrrole nitrogens is 1. The van der Waals surface area contributed by atoms with Crippen LogP contribution in [0.5, 0.6) is 0 Å². The lowest BCUT2D eigenvalue weighted by atomic mass is 10.1. The Balaban J connectivity index is 2.52. The van der Waals surface area contributed by atoms with Crippen molar-refractivity contribution in [3.8, 4) is 0 Å². The fourth-order valence-corrected chi connectivity index (χ4v) is 1.51. The van der Waals surface area contributed by atoms with E-state index in [1.165, 1.54) is 11.9 Å². The number of carboxylic acids is 1. The van der Waals surface area contributed by atoms with Crippen molar-refractivity contribution in [2.75, 3.05) is 7.05 Å². The molecule has 3 amide bonds. The topological polar surface area (TPSA) is 141 Å². The highest BCUT2D eigenvalue weighted by atomic mass is 16.4. The van der Waals surface area contributed by atoms with Crippen molar-refractivity contribution in [1.82, 2.24) is 20.4 Å². The number of hydrogen-bond acceptors (Lipinski definition) is 4. The smallest absolute Gasteiger partial charge is 0.326 e. The van der Waals surface area contributed by atoms with Crippen molar-refractivity contribution < 1.29 is 19.5 Å². The van der Waals surface area contributed by atoms with Crippen molar-refractivity contribution in [1.29, 1.82) is 0 Å². The first kappa shape index (κ1) is 15.5. The summed E-state index contributed by atoms with van der Waals surface area (Å²) < 4.78 is 0. The van der Waals surface area contributed by atoms with Crippen molar-refractivity contribution in [2.24, 2.45) is 5.73 Å². The Morgan fingerprint density at radius 1 is 1.55 bits per heavy atom. The molecule has 1 aromatic heterocycles. The molecule has 110 valence electrons. The van der Waals surface area contributed by atoms with Crippen molar-refractivity contribution in [3.05, 3.63) is 18.0 Å². The highest BCUT2D eigenvalue weighted by Crippen LogP contribution is 2.02.